The van der Waals surface area contributed by atoms with Crippen molar-refractivity contribution < 1.29 is 0 Å². The lowest BCUT2D eigenvalue weighted by molar-refractivity contribution is 0.192. The largest absolute Gasteiger partial charge is 0.388 e. The standard InChI is InChI=1S/C13H21N5S/c1-3-10(2)17-6-8-18(9-7-17)13-15-5-4-11(16-13)12(14)19/h4-5,10H,3,6-9H2,1-2H3,(H2,14,19). The first-order valence-electron chi connectivity index (χ1n) is 6.73. The van der Waals surface area contributed by atoms with Crippen molar-refractivity contribution in [3.05, 3.63) is 18.0 Å². The summed E-state index contributed by atoms with van der Waals surface area (Å²) in [7, 11) is 0. The molecule has 0 spiro atoms. The summed E-state index contributed by atoms with van der Waals surface area (Å²) in [5, 5.41) is 0. The van der Waals surface area contributed by atoms with Gasteiger partial charge < -0.3 is 10.6 Å². The van der Waals surface area contributed by atoms with Gasteiger partial charge in [0.05, 0.1) is 0 Å². The average molecular weight is 279 g/mol. The van der Waals surface area contributed by atoms with Gasteiger partial charge in [-0.1, -0.05) is 19.1 Å². The van der Waals surface area contributed by atoms with Crippen LogP contribution in [-0.2, 0) is 0 Å². The molecule has 19 heavy (non-hydrogen) atoms. The number of piperazine rings is 1. The molecule has 1 unspecified atom stereocenters. The van der Waals surface area contributed by atoms with Crippen LogP contribution in [0.2, 0.25) is 0 Å². The summed E-state index contributed by atoms with van der Waals surface area (Å²) in [6.45, 7) is 8.51. The first kappa shape index (κ1) is 14.1. The highest BCUT2D eigenvalue weighted by atomic mass is 32.1. The first-order chi connectivity index (χ1) is 9.11. The Labute approximate surface area is 119 Å². The van der Waals surface area contributed by atoms with E-state index >= 15 is 0 Å². The van der Waals surface area contributed by atoms with Crippen LogP contribution >= 0.6 is 12.2 Å². The summed E-state index contributed by atoms with van der Waals surface area (Å²) in [5.74, 6) is 0.731. The second kappa shape index (κ2) is 6.25. The van der Waals surface area contributed by atoms with Crippen LogP contribution in [0.3, 0.4) is 0 Å². The third kappa shape index (κ3) is 3.39. The molecule has 104 valence electrons. The van der Waals surface area contributed by atoms with Crippen molar-refractivity contribution in [2.75, 3.05) is 31.1 Å². The Balaban J connectivity index is 2.01. The predicted molar refractivity (Wildman–Crippen MR) is 81.5 cm³/mol. The number of anilines is 1. The normalized spacial score (nSPS) is 18.3. The minimum absolute atomic E-state index is 0.321. The molecule has 0 amide bonds. The number of hydrogen-bond acceptors (Lipinski definition) is 5. The fourth-order valence-corrected chi connectivity index (χ4v) is 2.37. The van der Waals surface area contributed by atoms with Crippen LogP contribution in [0.15, 0.2) is 12.3 Å². The second-order valence-corrected chi connectivity index (χ2v) is 5.33. The van der Waals surface area contributed by atoms with Gasteiger partial charge >= 0.3 is 0 Å². The predicted octanol–water partition coefficient (Wildman–Crippen LogP) is 1.03. The molecule has 2 rings (SSSR count). The summed E-state index contributed by atoms with van der Waals surface area (Å²) in [6, 6.07) is 2.40. The smallest absolute Gasteiger partial charge is 0.226 e. The van der Waals surface area contributed by atoms with Gasteiger partial charge in [0.1, 0.15) is 10.7 Å². The van der Waals surface area contributed by atoms with Crippen LogP contribution in [0.1, 0.15) is 26.0 Å². The van der Waals surface area contributed by atoms with Crippen LogP contribution in [0.25, 0.3) is 0 Å². The highest BCUT2D eigenvalue weighted by Crippen LogP contribution is 2.13. The summed E-state index contributed by atoms with van der Waals surface area (Å²) < 4.78 is 0. The molecule has 2 heterocycles. The minimum Gasteiger partial charge on any atom is -0.388 e. The Bertz CT molecular complexity index is 442. The molecule has 5 nitrogen and oxygen atoms in total. The van der Waals surface area contributed by atoms with E-state index in [2.05, 4.69) is 33.6 Å². The maximum atomic E-state index is 5.61. The van der Waals surface area contributed by atoms with Crippen molar-refractivity contribution in [1.29, 1.82) is 0 Å². The molecule has 0 bridgehead atoms. The molecule has 1 saturated heterocycles. The van der Waals surface area contributed by atoms with E-state index in [0.29, 0.717) is 16.7 Å². The van der Waals surface area contributed by atoms with E-state index in [9.17, 15) is 0 Å². The molecule has 0 radical (unpaired) electrons. The molecule has 1 aromatic rings. The van der Waals surface area contributed by atoms with Gasteiger partial charge in [-0.15, -0.1) is 0 Å². The Morgan fingerprint density at radius 2 is 2.11 bits per heavy atom. The third-order valence-corrected chi connectivity index (χ3v) is 3.92. The Hall–Kier alpha value is -1.27. The van der Waals surface area contributed by atoms with Gasteiger partial charge in [-0.25, -0.2) is 9.97 Å². The van der Waals surface area contributed by atoms with Gasteiger partial charge in [-0.3, -0.25) is 4.90 Å². The van der Waals surface area contributed by atoms with E-state index in [-0.39, 0.29) is 0 Å². The lowest BCUT2D eigenvalue weighted by Crippen LogP contribution is -2.50. The number of rotatable bonds is 4. The van der Waals surface area contributed by atoms with Crippen molar-refractivity contribution >= 4 is 23.2 Å². The van der Waals surface area contributed by atoms with Crippen LogP contribution in [-0.4, -0.2) is 52.1 Å². The Morgan fingerprint density at radius 1 is 1.42 bits per heavy atom. The molecule has 1 fully saturated rings. The van der Waals surface area contributed by atoms with Crippen molar-refractivity contribution in [3.8, 4) is 0 Å². The van der Waals surface area contributed by atoms with Gasteiger partial charge in [-0.2, -0.15) is 0 Å². The van der Waals surface area contributed by atoms with E-state index in [0.717, 1.165) is 32.1 Å². The zero-order valence-electron chi connectivity index (χ0n) is 11.5. The van der Waals surface area contributed by atoms with Crippen molar-refractivity contribution in [1.82, 2.24) is 14.9 Å². The van der Waals surface area contributed by atoms with Crippen molar-refractivity contribution in [2.24, 2.45) is 5.73 Å². The molecule has 6 heteroatoms. The molecule has 0 aliphatic carbocycles. The zero-order chi connectivity index (χ0) is 13.8. The first-order valence-corrected chi connectivity index (χ1v) is 7.14. The topological polar surface area (TPSA) is 58.3 Å². The molecule has 1 aromatic heterocycles. The lowest BCUT2D eigenvalue weighted by atomic mass is 10.2. The fourth-order valence-electron chi connectivity index (χ4n) is 2.26. The molecule has 1 aliphatic heterocycles. The maximum absolute atomic E-state index is 5.61. The number of aromatic nitrogens is 2. The SMILES string of the molecule is CCC(C)N1CCN(c2nccc(C(N)=S)n2)CC1. The second-order valence-electron chi connectivity index (χ2n) is 4.89. The van der Waals surface area contributed by atoms with Gasteiger partial charge in [0.25, 0.3) is 0 Å². The minimum atomic E-state index is 0.321. The van der Waals surface area contributed by atoms with Crippen molar-refractivity contribution in [3.63, 3.8) is 0 Å². The third-order valence-electron chi connectivity index (χ3n) is 3.71. The highest BCUT2D eigenvalue weighted by Gasteiger charge is 2.21. The summed E-state index contributed by atoms with van der Waals surface area (Å²) >= 11 is 4.95. The zero-order valence-corrected chi connectivity index (χ0v) is 12.4. The molecule has 1 atom stereocenters. The fraction of sp³-hybridized carbons (Fsp3) is 0.615. The van der Waals surface area contributed by atoms with E-state index in [1.54, 1.807) is 12.3 Å². The van der Waals surface area contributed by atoms with Gasteiger partial charge in [0, 0.05) is 38.4 Å². The van der Waals surface area contributed by atoms with E-state index in [4.69, 9.17) is 18.0 Å². The summed E-state index contributed by atoms with van der Waals surface area (Å²) in [6.07, 6.45) is 2.91. The highest BCUT2D eigenvalue weighted by molar-refractivity contribution is 7.80. The van der Waals surface area contributed by atoms with Crippen LogP contribution < -0.4 is 10.6 Å². The summed E-state index contributed by atoms with van der Waals surface area (Å²) in [5.41, 5.74) is 6.25. The number of thiocarbonyl (C=S) groups is 1. The average Bonchev–Trinajstić information content (AvgIpc) is 2.46. The maximum Gasteiger partial charge on any atom is 0.226 e. The van der Waals surface area contributed by atoms with Crippen LogP contribution in [0.5, 0.6) is 0 Å². The van der Waals surface area contributed by atoms with Gasteiger partial charge in [0.15, 0.2) is 0 Å². The van der Waals surface area contributed by atoms with Crippen LogP contribution in [0.4, 0.5) is 5.95 Å². The Kier molecular flexibility index (Phi) is 4.66. The monoisotopic (exact) mass is 279 g/mol. The Morgan fingerprint density at radius 3 is 2.68 bits per heavy atom. The number of hydrogen-bond donors (Lipinski definition) is 1. The van der Waals surface area contributed by atoms with E-state index in [1.165, 1.54) is 6.42 Å². The van der Waals surface area contributed by atoms with Gasteiger partial charge in [0.2, 0.25) is 5.95 Å². The molecular weight excluding hydrogens is 258 g/mol. The molecular formula is C13H21N5S. The molecule has 0 aromatic carbocycles. The molecule has 2 N–H and O–H groups in total. The van der Waals surface area contributed by atoms with E-state index < -0.39 is 0 Å². The number of nitrogens with zero attached hydrogens (tertiary/aromatic N) is 4. The molecule has 0 saturated carbocycles. The van der Waals surface area contributed by atoms with E-state index in [1.807, 2.05) is 0 Å². The summed E-state index contributed by atoms with van der Waals surface area (Å²) in [4.78, 5) is 13.8. The molecule has 1 aliphatic rings. The van der Waals surface area contributed by atoms with Crippen LogP contribution in [0, 0.1) is 0 Å². The van der Waals surface area contributed by atoms with Crippen molar-refractivity contribution in [2.45, 2.75) is 26.3 Å². The lowest BCUT2D eigenvalue weighted by Gasteiger charge is -2.37. The number of nitrogens with two attached hydrogens (primary N) is 1. The quantitative estimate of drug-likeness (QED) is 0.831. The van der Waals surface area contributed by atoms with Gasteiger partial charge in [-0.05, 0) is 19.4 Å².